The number of aromatic nitrogens is 2. The van der Waals surface area contributed by atoms with E-state index in [1.807, 2.05) is 37.5 Å². The second-order valence-corrected chi connectivity index (χ2v) is 9.65. The second kappa shape index (κ2) is 12.6. The normalized spacial score (nSPS) is 18.7. The molecule has 16 heteroatoms. The van der Waals surface area contributed by atoms with E-state index >= 15 is 0 Å². The number of carboxylic acid groups (broad SMARTS) is 2. The maximum absolute atomic E-state index is 10.6. The van der Waals surface area contributed by atoms with Crippen molar-refractivity contribution >= 4 is 23.7 Å². The average Bonchev–Trinajstić information content (AvgIpc) is 3.39. The molecular formula is C21H23F6N3O6S. The van der Waals surface area contributed by atoms with Crippen molar-refractivity contribution < 1.29 is 55.4 Å². The number of ether oxygens (including phenoxy) is 1. The van der Waals surface area contributed by atoms with Crippen molar-refractivity contribution in [3.8, 4) is 0 Å². The summed E-state index contributed by atoms with van der Waals surface area (Å²) in [7, 11) is 0. The van der Waals surface area contributed by atoms with Crippen LogP contribution in [-0.4, -0.2) is 79.2 Å². The molecule has 0 aromatic carbocycles. The van der Waals surface area contributed by atoms with Crippen LogP contribution >= 0.6 is 11.8 Å². The molecule has 0 radical (unpaired) electrons. The Morgan fingerprint density at radius 3 is 2.14 bits per heavy atom. The first-order valence-electron chi connectivity index (χ1n) is 10.5. The molecule has 1 spiro atoms. The van der Waals surface area contributed by atoms with Crippen molar-refractivity contribution in [3.05, 3.63) is 47.6 Å². The van der Waals surface area contributed by atoms with Crippen molar-refractivity contribution in [1.29, 1.82) is 0 Å². The first kappa shape index (κ1) is 30.4. The van der Waals surface area contributed by atoms with E-state index in [0.717, 1.165) is 43.3 Å². The summed E-state index contributed by atoms with van der Waals surface area (Å²) in [6, 6.07) is 6.05. The van der Waals surface area contributed by atoms with Gasteiger partial charge in [-0.05, 0) is 31.0 Å². The van der Waals surface area contributed by atoms with Crippen molar-refractivity contribution in [2.75, 3.05) is 18.8 Å². The lowest BCUT2D eigenvalue weighted by Gasteiger charge is -2.47. The first-order chi connectivity index (χ1) is 17.1. The molecule has 2 fully saturated rings. The lowest BCUT2D eigenvalue weighted by molar-refractivity contribution is -0.193. The highest BCUT2D eigenvalue weighted by atomic mass is 32.2. The van der Waals surface area contributed by atoms with Gasteiger partial charge in [-0.1, -0.05) is 5.16 Å². The van der Waals surface area contributed by atoms with Gasteiger partial charge in [0.15, 0.2) is 0 Å². The third-order valence-corrected chi connectivity index (χ3v) is 6.56. The highest BCUT2D eigenvalue weighted by Crippen LogP contribution is 2.46. The molecule has 2 aliphatic rings. The van der Waals surface area contributed by atoms with Gasteiger partial charge in [0.25, 0.3) is 0 Å². The Kier molecular flexibility index (Phi) is 10.3. The smallest absolute Gasteiger partial charge is 0.475 e. The Bertz CT molecular complexity index is 1000. The van der Waals surface area contributed by atoms with E-state index in [0.29, 0.717) is 17.5 Å². The number of rotatable bonds is 5. The van der Waals surface area contributed by atoms with Crippen LogP contribution in [0.2, 0.25) is 0 Å². The van der Waals surface area contributed by atoms with Gasteiger partial charge in [-0.3, -0.25) is 9.88 Å². The number of carboxylic acids is 2. The Balaban J connectivity index is 0.000000286. The molecule has 0 saturated carbocycles. The largest absolute Gasteiger partial charge is 0.490 e. The fraction of sp³-hybridized carbons (Fsp3) is 0.524. The second-order valence-electron chi connectivity index (χ2n) is 8.17. The topological polar surface area (TPSA) is 126 Å². The van der Waals surface area contributed by atoms with Gasteiger partial charge < -0.3 is 19.5 Å². The molecule has 0 aliphatic carbocycles. The standard InChI is InChI=1S/C17H21N3O2S.2C2HF3O2/c1-13-6-15(19-22-13)8-20-11-17(12-20)7-16(10-23-17)21-9-14-2-4-18-5-3-14;2*3-2(4,5)1(6)7/h2-6,16H,7-12H2,1H3;2*(H,6,7). The maximum Gasteiger partial charge on any atom is 0.490 e. The summed E-state index contributed by atoms with van der Waals surface area (Å²) in [5.74, 6) is -3.53. The summed E-state index contributed by atoms with van der Waals surface area (Å²) in [5.41, 5.74) is 2.23. The molecule has 2 aliphatic heterocycles. The van der Waals surface area contributed by atoms with Crippen LogP contribution in [0.3, 0.4) is 0 Å². The minimum atomic E-state index is -5.08. The average molecular weight is 559 g/mol. The number of pyridine rings is 1. The van der Waals surface area contributed by atoms with E-state index in [1.54, 1.807) is 0 Å². The van der Waals surface area contributed by atoms with E-state index < -0.39 is 24.3 Å². The van der Waals surface area contributed by atoms with Crippen LogP contribution in [0.5, 0.6) is 0 Å². The van der Waals surface area contributed by atoms with E-state index in [9.17, 15) is 26.3 Å². The highest BCUT2D eigenvalue weighted by molar-refractivity contribution is 8.01. The summed E-state index contributed by atoms with van der Waals surface area (Å²) in [5, 5.41) is 18.3. The summed E-state index contributed by atoms with van der Waals surface area (Å²) >= 11 is 2.07. The highest BCUT2D eigenvalue weighted by Gasteiger charge is 2.49. The van der Waals surface area contributed by atoms with Crippen LogP contribution < -0.4 is 0 Å². The molecule has 2 saturated heterocycles. The molecule has 0 bridgehead atoms. The molecule has 206 valence electrons. The number of carbonyl (C=O) groups is 2. The molecule has 2 aromatic rings. The quantitative estimate of drug-likeness (QED) is 0.521. The van der Waals surface area contributed by atoms with Crippen molar-refractivity contribution in [1.82, 2.24) is 15.0 Å². The minimum Gasteiger partial charge on any atom is -0.475 e. The van der Waals surface area contributed by atoms with Crippen molar-refractivity contribution in [3.63, 3.8) is 0 Å². The van der Waals surface area contributed by atoms with Crippen LogP contribution in [0.4, 0.5) is 26.3 Å². The van der Waals surface area contributed by atoms with Crippen LogP contribution in [0.25, 0.3) is 0 Å². The molecule has 4 heterocycles. The third kappa shape index (κ3) is 10.2. The summed E-state index contributed by atoms with van der Waals surface area (Å²) in [6.07, 6.45) is -5.01. The number of hydrogen-bond donors (Lipinski definition) is 2. The van der Waals surface area contributed by atoms with Gasteiger partial charge in [0, 0.05) is 48.6 Å². The summed E-state index contributed by atoms with van der Waals surface area (Å²) < 4.78 is 75.1. The zero-order valence-corrected chi connectivity index (χ0v) is 20.1. The number of likely N-dealkylation sites (tertiary alicyclic amines) is 1. The van der Waals surface area contributed by atoms with Crippen LogP contribution in [-0.2, 0) is 27.5 Å². The number of aliphatic carboxylic acids is 2. The molecule has 0 amide bonds. The summed E-state index contributed by atoms with van der Waals surface area (Å²) in [6.45, 7) is 5.76. The zero-order valence-electron chi connectivity index (χ0n) is 19.3. The van der Waals surface area contributed by atoms with E-state index in [4.69, 9.17) is 29.1 Å². The summed E-state index contributed by atoms with van der Waals surface area (Å²) in [4.78, 5) is 24.3. The number of hydrogen-bond acceptors (Lipinski definition) is 8. The molecule has 37 heavy (non-hydrogen) atoms. The number of halogens is 6. The zero-order chi connectivity index (χ0) is 27.9. The van der Waals surface area contributed by atoms with Crippen LogP contribution in [0.15, 0.2) is 35.1 Å². The van der Waals surface area contributed by atoms with Gasteiger partial charge in [-0.25, -0.2) is 9.59 Å². The van der Waals surface area contributed by atoms with Gasteiger partial charge in [0.1, 0.15) is 5.76 Å². The Morgan fingerprint density at radius 2 is 1.68 bits per heavy atom. The minimum absolute atomic E-state index is 0.365. The molecular weight excluding hydrogens is 536 g/mol. The van der Waals surface area contributed by atoms with Crippen molar-refractivity contribution in [2.24, 2.45) is 0 Å². The van der Waals surface area contributed by atoms with E-state index in [2.05, 4.69) is 26.8 Å². The van der Waals surface area contributed by atoms with E-state index in [1.165, 1.54) is 5.56 Å². The molecule has 2 aromatic heterocycles. The molecule has 1 atom stereocenters. The molecule has 2 N–H and O–H groups in total. The van der Waals surface area contributed by atoms with Gasteiger partial charge in [-0.2, -0.15) is 26.3 Å². The Hall–Kier alpha value is -2.85. The van der Waals surface area contributed by atoms with E-state index in [-0.39, 0.29) is 0 Å². The van der Waals surface area contributed by atoms with Crippen LogP contribution in [0, 0.1) is 6.92 Å². The lowest BCUT2D eigenvalue weighted by Crippen LogP contribution is -2.58. The Labute approximate surface area is 210 Å². The predicted octanol–water partition coefficient (Wildman–Crippen LogP) is 3.92. The lowest BCUT2D eigenvalue weighted by atomic mass is 9.93. The Morgan fingerprint density at radius 1 is 1.14 bits per heavy atom. The fourth-order valence-electron chi connectivity index (χ4n) is 3.43. The third-order valence-electron chi connectivity index (χ3n) is 4.98. The number of nitrogens with zero attached hydrogens (tertiary/aromatic N) is 3. The number of thioether (sulfide) groups is 1. The molecule has 9 nitrogen and oxygen atoms in total. The number of alkyl halides is 6. The van der Waals surface area contributed by atoms with Gasteiger partial charge in [0.05, 0.1) is 18.4 Å². The number of aryl methyl sites for hydroxylation is 1. The fourth-order valence-corrected chi connectivity index (χ4v) is 5.03. The van der Waals surface area contributed by atoms with Crippen molar-refractivity contribution in [2.45, 2.75) is 49.7 Å². The van der Waals surface area contributed by atoms with Gasteiger partial charge >= 0.3 is 24.3 Å². The first-order valence-corrected chi connectivity index (χ1v) is 11.5. The maximum atomic E-state index is 10.6. The monoisotopic (exact) mass is 559 g/mol. The van der Waals surface area contributed by atoms with Gasteiger partial charge in [0.2, 0.25) is 0 Å². The molecule has 1 unspecified atom stereocenters. The SMILES string of the molecule is Cc1cc(CN2CC3(CC(OCc4ccncc4)CS3)C2)no1.O=C(O)C(F)(F)F.O=C(O)C(F)(F)F. The predicted molar refractivity (Wildman–Crippen MR) is 117 cm³/mol. The van der Waals surface area contributed by atoms with Gasteiger partial charge in [-0.15, -0.1) is 11.8 Å². The molecule has 4 rings (SSSR count). The van der Waals surface area contributed by atoms with Crippen LogP contribution in [0.1, 0.15) is 23.4 Å².